The molecule has 16 heavy (non-hydrogen) atoms. The molecule has 2 atom stereocenters. The van der Waals surface area contributed by atoms with Crippen LogP contribution in [-0.2, 0) is 6.42 Å². The second-order valence-corrected chi connectivity index (χ2v) is 4.68. The van der Waals surface area contributed by atoms with Crippen LogP contribution in [0.3, 0.4) is 0 Å². The first-order chi connectivity index (χ1) is 7.60. The molecule has 2 rings (SSSR count). The van der Waals surface area contributed by atoms with E-state index in [-0.39, 0.29) is 6.04 Å². The molecule has 1 aromatic heterocycles. The Balaban J connectivity index is 2.24. The van der Waals surface area contributed by atoms with Crippen molar-refractivity contribution in [2.75, 3.05) is 18.0 Å². The molecule has 4 nitrogen and oxygen atoms in total. The summed E-state index contributed by atoms with van der Waals surface area (Å²) in [6.07, 6.45) is 0.879. The highest BCUT2D eigenvalue weighted by molar-refractivity contribution is 5.41. The second-order valence-electron chi connectivity index (χ2n) is 4.68. The molecule has 4 heteroatoms. The average Bonchev–Trinajstić information content (AvgIpc) is 2.58. The zero-order chi connectivity index (χ0) is 11.7. The van der Waals surface area contributed by atoms with Gasteiger partial charge < -0.3 is 10.6 Å². The third kappa shape index (κ3) is 2.16. The van der Waals surface area contributed by atoms with E-state index in [0.29, 0.717) is 5.92 Å². The lowest BCUT2D eigenvalue weighted by Gasteiger charge is -2.17. The number of aryl methyl sites for hydroxylation is 2. The van der Waals surface area contributed by atoms with E-state index in [0.717, 1.165) is 36.8 Å². The summed E-state index contributed by atoms with van der Waals surface area (Å²) >= 11 is 0. The molecular weight excluding hydrogens is 200 g/mol. The summed E-state index contributed by atoms with van der Waals surface area (Å²) in [7, 11) is 0. The number of aromatic nitrogens is 2. The van der Waals surface area contributed by atoms with E-state index in [1.807, 2.05) is 13.0 Å². The van der Waals surface area contributed by atoms with Crippen molar-refractivity contribution in [2.45, 2.75) is 33.2 Å². The van der Waals surface area contributed by atoms with Gasteiger partial charge in [0.15, 0.2) is 0 Å². The largest absolute Gasteiger partial charge is 0.355 e. The second kappa shape index (κ2) is 4.37. The number of anilines is 1. The summed E-state index contributed by atoms with van der Waals surface area (Å²) in [5, 5.41) is 0. The smallest absolute Gasteiger partial charge is 0.132 e. The number of nitrogens with zero attached hydrogens (tertiary/aromatic N) is 3. The van der Waals surface area contributed by atoms with E-state index in [2.05, 4.69) is 28.7 Å². The Morgan fingerprint density at radius 3 is 2.75 bits per heavy atom. The van der Waals surface area contributed by atoms with Gasteiger partial charge in [-0.15, -0.1) is 0 Å². The lowest BCUT2D eigenvalue weighted by molar-refractivity contribution is 0.566. The van der Waals surface area contributed by atoms with Gasteiger partial charge in [-0.2, -0.15) is 0 Å². The SMILES string of the molecule is CCc1nc(C)cc(N2CC(C)C(N)C2)n1. The van der Waals surface area contributed by atoms with Crippen molar-refractivity contribution in [3.05, 3.63) is 17.6 Å². The maximum Gasteiger partial charge on any atom is 0.132 e. The fourth-order valence-corrected chi connectivity index (χ4v) is 2.11. The van der Waals surface area contributed by atoms with Crippen molar-refractivity contribution < 1.29 is 0 Å². The Morgan fingerprint density at radius 1 is 1.44 bits per heavy atom. The van der Waals surface area contributed by atoms with Crippen LogP contribution in [0.15, 0.2) is 6.07 Å². The average molecular weight is 220 g/mol. The van der Waals surface area contributed by atoms with Gasteiger partial charge in [0.1, 0.15) is 11.6 Å². The maximum atomic E-state index is 6.03. The predicted octanol–water partition coefficient (Wildman–Crippen LogP) is 1.13. The van der Waals surface area contributed by atoms with Crippen molar-refractivity contribution in [3.63, 3.8) is 0 Å². The summed E-state index contributed by atoms with van der Waals surface area (Å²) < 4.78 is 0. The topological polar surface area (TPSA) is 55.0 Å². The van der Waals surface area contributed by atoms with Gasteiger partial charge in [-0.05, 0) is 12.8 Å². The van der Waals surface area contributed by atoms with E-state index in [9.17, 15) is 0 Å². The Labute approximate surface area is 96.9 Å². The first-order valence-electron chi connectivity index (χ1n) is 5.95. The molecule has 2 heterocycles. The number of hydrogen-bond acceptors (Lipinski definition) is 4. The fourth-order valence-electron chi connectivity index (χ4n) is 2.11. The molecule has 1 fully saturated rings. The monoisotopic (exact) mass is 220 g/mol. The number of rotatable bonds is 2. The third-order valence-electron chi connectivity index (χ3n) is 3.20. The molecule has 0 saturated carbocycles. The van der Waals surface area contributed by atoms with Crippen molar-refractivity contribution in [1.82, 2.24) is 9.97 Å². The normalized spacial score (nSPS) is 25.1. The predicted molar refractivity (Wildman–Crippen MR) is 65.5 cm³/mol. The molecule has 0 aliphatic carbocycles. The fraction of sp³-hybridized carbons (Fsp3) is 0.667. The zero-order valence-electron chi connectivity index (χ0n) is 10.3. The highest BCUT2D eigenvalue weighted by atomic mass is 15.2. The van der Waals surface area contributed by atoms with Gasteiger partial charge in [0.05, 0.1) is 0 Å². The first kappa shape index (κ1) is 11.3. The third-order valence-corrected chi connectivity index (χ3v) is 3.20. The van der Waals surface area contributed by atoms with Crippen LogP contribution in [0.2, 0.25) is 0 Å². The van der Waals surface area contributed by atoms with Gasteiger partial charge in [-0.25, -0.2) is 9.97 Å². The van der Waals surface area contributed by atoms with Crippen LogP contribution in [0, 0.1) is 12.8 Å². The molecule has 0 radical (unpaired) electrons. The van der Waals surface area contributed by atoms with Crippen molar-refractivity contribution in [2.24, 2.45) is 11.7 Å². The molecular formula is C12H20N4. The maximum absolute atomic E-state index is 6.03. The quantitative estimate of drug-likeness (QED) is 0.812. The van der Waals surface area contributed by atoms with E-state index in [4.69, 9.17) is 5.73 Å². The van der Waals surface area contributed by atoms with Gasteiger partial charge in [-0.3, -0.25) is 0 Å². The van der Waals surface area contributed by atoms with Gasteiger partial charge >= 0.3 is 0 Å². The lowest BCUT2D eigenvalue weighted by atomic mass is 10.1. The molecule has 2 unspecified atom stereocenters. The molecule has 1 aromatic rings. The van der Waals surface area contributed by atoms with Crippen LogP contribution >= 0.6 is 0 Å². The first-order valence-corrected chi connectivity index (χ1v) is 5.95. The summed E-state index contributed by atoms with van der Waals surface area (Å²) in [4.78, 5) is 11.2. The molecule has 1 aliphatic heterocycles. The summed E-state index contributed by atoms with van der Waals surface area (Å²) in [5.41, 5.74) is 7.07. The van der Waals surface area contributed by atoms with E-state index < -0.39 is 0 Å². The molecule has 0 amide bonds. The molecule has 88 valence electrons. The van der Waals surface area contributed by atoms with Crippen molar-refractivity contribution in [1.29, 1.82) is 0 Å². The Morgan fingerprint density at radius 2 is 2.19 bits per heavy atom. The van der Waals surface area contributed by atoms with Crippen molar-refractivity contribution in [3.8, 4) is 0 Å². The van der Waals surface area contributed by atoms with E-state index in [1.165, 1.54) is 0 Å². The van der Waals surface area contributed by atoms with E-state index in [1.54, 1.807) is 0 Å². The highest BCUT2D eigenvalue weighted by Crippen LogP contribution is 2.21. The van der Waals surface area contributed by atoms with Crippen LogP contribution in [0.1, 0.15) is 25.4 Å². The standard InChI is InChI=1S/C12H20N4/c1-4-11-14-9(3)5-12(15-11)16-6-8(2)10(13)7-16/h5,8,10H,4,6-7,13H2,1-3H3. The minimum atomic E-state index is 0.264. The molecule has 0 aromatic carbocycles. The van der Waals surface area contributed by atoms with Crippen LogP contribution in [0.4, 0.5) is 5.82 Å². The molecule has 1 saturated heterocycles. The molecule has 1 aliphatic rings. The number of hydrogen-bond donors (Lipinski definition) is 1. The minimum Gasteiger partial charge on any atom is -0.355 e. The van der Waals surface area contributed by atoms with Crippen LogP contribution in [0.25, 0.3) is 0 Å². The summed E-state index contributed by atoms with van der Waals surface area (Å²) in [6, 6.07) is 2.31. The van der Waals surface area contributed by atoms with Crippen molar-refractivity contribution >= 4 is 5.82 Å². The van der Waals surface area contributed by atoms with Gasteiger partial charge in [0.2, 0.25) is 0 Å². The Kier molecular flexibility index (Phi) is 3.10. The number of nitrogens with two attached hydrogens (primary N) is 1. The molecule has 0 spiro atoms. The molecule has 0 bridgehead atoms. The van der Waals surface area contributed by atoms with Crippen LogP contribution in [0.5, 0.6) is 0 Å². The van der Waals surface area contributed by atoms with Gasteiger partial charge in [0.25, 0.3) is 0 Å². The molecule has 2 N–H and O–H groups in total. The summed E-state index contributed by atoms with van der Waals surface area (Å²) in [5.74, 6) is 2.49. The minimum absolute atomic E-state index is 0.264. The Hall–Kier alpha value is -1.16. The highest BCUT2D eigenvalue weighted by Gasteiger charge is 2.27. The van der Waals surface area contributed by atoms with Gasteiger partial charge in [-0.1, -0.05) is 13.8 Å². The lowest BCUT2D eigenvalue weighted by Crippen LogP contribution is -2.28. The summed E-state index contributed by atoms with van der Waals surface area (Å²) in [6.45, 7) is 8.20. The van der Waals surface area contributed by atoms with Crippen LogP contribution in [-0.4, -0.2) is 29.1 Å². The zero-order valence-corrected chi connectivity index (χ0v) is 10.3. The Bertz CT molecular complexity index is 367. The van der Waals surface area contributed by atoms with E-state index >= 15 is 0 Å². The van der Waals surface area contributed by atoms with Crippen LogP contribution < -0.4 is 10.6 Å². The van der Waals surface area contributed by atoms with Gasteiger partial charge in [0, 0.05) is 37.3 Å².